The van der Waals surface area contributed by atoms with Gasteiger partial charge in [0.1, 0.15) is 5.75 Å². The Morgan fingerprint density at radius 2 is 2.10 bits per heavy atom. The van der Waals surface area contributed by atoms with E-state index in [1.54, 1.807) is 7.11 Å². The Bertz CT molecular complexity index is 476. The predicted molar refractivity (Wildman–Crippen MR) is 88.3 cm³/mol. The second kappa shape index (κ2) is 7.95. The van der Waals surface area contributed by atoms with Gasteiger partial charge in [-0.15, -0.1) is 0 Å². The molecule has 21 heavy (non-hydrogen) atoms. The van der Waals surface area contributed by atoms with Gasteiger partial charge in [-0.25, -0.2) is 0 Å². The van der Waals surface area contributed by atoms with Gasteiger partial charge in [-0.1, -0.05) is 26.0 Å². The highest BCUT2D eigenvalue weighted by Crippen LogP contribution is 2.33. The van der Waals surface area contributed by atoms with Crippen molar-refractivity contribution in [3.63, 3.8) is 0 Å². The van der Waals surface area contributed by atoms with Crippen LogP contribution in [0.1, 0.15) is 39.5 Å². The van der Waals surface area contributed by atoms with Crippen LogP contribution in [0.4, 0.5) is 0 Å². The van der Waals surface area contributed by atoms with Crippen LogP contribution in [0.5, 0.6) is 5.75 Å². The third kappa shape index (κ3) is 4.07. The Kier molecular flexibility index (Phi) is 6.24. The van der Waals surface area contributed by atoms with Gasteiger partial charge in [0, 0.05) is 6.04 Å². The molecule has 1 fully saturated rings. The van der Waals surface area contributed by atoms with E-state index >= 15 is 0 Å². The van der Waals surface area contributed by atoms with Crippen LogP contribution >= 0.6 is 0 Å². The van der Waals surface area contributed by atoms with E-state index in [2.05, 4.69) is 19.2 Å². The molecule has 118 valence electrons. The number of rotatable bonds is 6. The molecular weight excluding hydrogens is 282 g/mol. The van der Waals surface area contributed by atoms with E-state index in [1.807, 2.05) is 24.3 Å². The molecule has 4 atom stereocenters. The second-order valence-electron chi connectivity index (χ2n) is 5.97. The largest absolute Gasteiger partial charge is 0.495 e. The third-order valence-corrected chi connectivity index (χ3v) is 6.11. The highest BCUT2D eigenvalue weighted by atomic mass is 32.2. The van der Waals surface area contributed by atoms with Crippen molar-refractivity contribution < 1.29 is 8.95 Å². The Balaban J connectivity index is 2.20. The van der Waals surface area contributed by atoms with Crippen LogP contribution in [0.15, 0.2) is 29.2 Å². The molecule has 0 radical (unpaired) electrons. The lowest BCUT2D eigenvalue weighted by Crippen LogP contribution is -2.46. The number of ether oxygens (including phenoxy) is 1. The molecule has 1 aliphatic carbocycles. The minimum Gasteiger partial charge on any atom is -0.495 e. The van der Waals surface area contributed by atoms with Gasteiger partial charge in [0.15, 0.2) is 0 Å². The summed E-state index contributed by atoms with van der Waals surface area (Å²) >= 11 is 0. The van der Waals surface area contributed by atoms with Gasteiger partial charge < -0.3 is 10.1 Å². The molecule has 1 N–H and O–H groups in total. The van der Waals surface area contributed by atoms with E-state index in [0.717, 1.165) is 36.5 Å². The first-order valence-corrected chi connectivity index (χ1v) is 9.15. The number of nitrogens with one attached hydrogen (secondary N) is 1. The van der Waals surface area contributed by atoms with Gasteiger partial charge in [-0.05, 0) is 50.3 Å². The van der Waals surface area contributed by atoms with Crippen LogP contribution in [0.2, 0.25) is 0 Å². The van der Waals surface area contributed by atoms with Gasteiger partial charge >= 0.3 is 0 Å². The molecule has 4 unspecified atom stereocenters. The summed E-state index contributed by atoms with van der Waals surface area (Å²) in [4.78, 5) is 0.836. The van der Waals surface area contributed by atoms with E-state index in [9.17, 15) is 4.21 Å². The first-order chi connectivity index (χ1) is 10.2. The number of benzene rings is 1. The normalized spacial score (nSPS) is 27.3. The SMILES string of the molecule is CCCNC1CCC(C)CC1S(=O)c1ccccc1OC. The van der Waals surface area contributed by atoms with Gasteiger partial charge in [0.25, 0.3) is 0 Å². The van der Waals surface area contributed by atoms with Gasteiger partial charge in [-0.3, -0.25) is 4.21 Å². The highest BCUT2D eigenvalue weighted by molar-refractivity contribution is 7.85. The van der Waals surface area contributed by atoms with E-state index in [0.29, 0.717) is 12.0 Å². The smallest absolute Gasteiger partial charge is 0.134 e. The maximum atomic E-state index is 13.1. The topological polar surface area (TPSA) is 38.3 Å². The number of hydrogen-bond acceptors (Lipinski definition) is 3. The summed E-state index contributed by atoms with van der Waals surface area (Å²) in [7, 11) is 0.622. The molecule has 1 aromatic rings. The number of methoxy groups -OCH3 is 1. The Labute approximate surface area is 130 Å². The Morgan fingerprint density at radius 1 is 1.33 bits per heavy atom. The zero-order chi connectivity index (χ0) is 15.2. The molecule has 4 heteroatoms. The Hall–Kier alpha value is -0.870. The summed E-state index contributed by atoms with van der Waals surface area (Å²) in [5.41, 5.74) is 0. The molecule has 3 nitrogen and oxygen atoms in total. The summed E-state index contributed by atoms with van der Waals surface area (Å²) in [6.45, 7) is 5.44. The maximum absolute atomic E-state index is 13.1. The van der Waals surface area contributed by atoms with Crippen LogP contribution in [0.25, 0.3) is 0 Å². The van der Waals surface area contributed by atoms with Crippen molar-refractivity contribution in [2.75, 3.05) is 13.7 Å². The average molecular weight is 309 g/mol. The molecule has 0 bridgehead atoms. The van der Waals surface area contributed by atoms with Crippen molar-refractivity contribution in [2.45, 2.75) is 55.7 Å². The molecule has 0 aliphatic heterocycles. The minimum atomic E-state index is -1.02. The van der Waals surface area contributed by atoms with Crippen LogP contribution < -0.4 is 10.1 Å². The Morgan fingerprint density at radius 3 is 2.81 bits per heavy atom. The second-order valence-corrected chi connectivity index (χ2v) is 7.61. The fraction of sp³-hybridized carbons (Fsp3) is 0.647. The van der Waals surface area contributed by atoms with Crippen molar-refractivity contribution in [3.8, 4) is 5.75 Å². The molecule has 1 saturated carbocycles. The maximum Gasteiger partial charge on any atom is 0.134 e. The van der Waals surface area contributed by atoms with Crippen LogP contribution in [-0.2, 0) is 10.8 Å². The lowest BCUT2D eigenvalue weighted by Gasteiger charge is -2.35. The lowest BCUT2D eigenvalue weighted by atomic mass is 9.87. The molecule has 0 aromatic heterocycles. The molecule has 0 amide bonds. The number of hydrogen-bond donors (Lipinski definition) is 1. The molecule has 1 aromatic carbocycles. The molecule has 0 heterocycles. The van der Waals surface area contributed by atoms with Crippen molar-refractivity contribution in [1.29, 1.82) is 0 Å². The first kappa shape index (κ1) is 16.5. The lowest BCUT2D eigenvalue weighted by molar-refractivity contribution is 0.313. The van der Waals surface area contributed by atoms with Crippen molar-refractivity contribution in [1.82, 2.24) is 5.32 Å². The fourth-order valence-electron chi connectivity index (χ4n) is 3.08. The molecule has 0 saturated heterocycles. The summed E-state index contributed by atoms with van der Waals surface area (Å²) in [6, 6.07) is 8.05. The third-order valence-electron chi connectivity index (χ3n) is 4.27. The monoisotopic (exact) mass is 309 g/mol. The molecule has 1 aliphatic rings. The van der Waals surface area contributed by atoms with E-state index < -0.39 is 10.8 Å². The van der Waals surface area contributed by atoms with Crippen molar-refractivity contribution in [2.24, 2.45) is 5.92 Å². The van der Waals surface area contributed by atoms with Crippen LogP contribution in [0.3, 0.4) is 0 Å². The summed E-state index contributed by atoms with van der Waals surface area (Å²) < 4.78 is 18.5. The molecule has 0 spiro atoms. The van der Waals surface area contributed by atoms with Gasteiger partial charge in [0.2, 0.25) is 0 Å². The molecular formula is C17H27NO2S. The quantitative estimate of drug-likeness (QED) is 0.875. The zero-order valence-corrected chi connectivity index (χ0v) is 14.1. The minimum absolute atomic E-state index is 0.177. The first-order valence-electron chi connectivity index (χ1n) is 7.94. The molecule has 2 rings (SSSR count). The summed E-state index contributed by atoms with van der Waals surface area (Å²) in [5.74, 6) is 1.39. The van der Waals surface area contributed by atoms with Gasteiger partial charge in [0.05, 0.1) is 28.1 Å². The summed E-state index contributed by atoms with van der Waals surface area (Å²) in [6.07, 6.45) is 4.47. The van der Waals surface area contributed by atoms with Crippen LogP contribution in [0, 0.1) is 5.92 Å². The van der Waals surface area contributed by atoms with Crippen molar-refractivity contribution in [3.05, 3.63) is 24.3 Å². The number of para-hydroxylation sites is 1. The zero-order valence-electron chi connectivity index (χ0n) is 13.3. The predicted octanol–water partition coefficient (Wildman–Crippen LogP) is 3.36. The fourth-order valence-corrected chi connectivity index (χ4v) is 5.00. The van der Waals surface area contributed by atoms with Gasteiger partial charge in [-0.2, -0.15) is 0 Å². The average Bonchev–Trinajstić information content (AvgIpc) is 2.53. The highest BCUT2D eigenvalue weighted by Gasteiger charge is 2.34. The van der Waals surface area contributed by atoms with Crippen LogP contribution in [-0.4, -0.2) is 29.2 Å². The standard InChI is InChI=1S/C17H27NO2S/c1-4-11-18-14-10-9-13(2)12-17(14)21(19)16-8-6-5-7-15(16)20-3/h5-8,13-14,17-18H,4,9-12H2,1-3H3. The summed E-state index contributed by atoms with van der Waals surface area (Å²) in [5, 5.41) is 3.77. The van der Waals surface area contributed by atoms with E-state index in [-0.39, 0.29) is 5.25 Å². The van der Waals surface area contributed by atoms with E-state index in [4.69, 9.17) is 4.74 Å². The van der Waals surface area contributed by atoms with Crippen molar-refractivity contribution >= 4 is 10.8 Å². The van der Waals surface area contributed by atoms with E-state index in [1.165, 1.54) is 6.42 Å².